The molecule has 0 radical (unpaired) electrons. The van der Waals surface area contributed by atoms with Gasteiger partial charge in [0.1, 0.15) is 6.54 Å². The molecule has 0 amide bonds. The van der Waals surface area contributed by atoms with Crippen LogP contribution in [0.5, 0.6) is 17.2 Å². The van der Waals surface area contributed by atoms with E-state index in [-0.39, 0.29) is 28.7 Å². The molecule has 3 aromatic rings. The first-order valence-electron chi connectivity index (χ1n) is 8.62. The number of hydrogen-bond donors (Lipinski definition) is 0. The normalized spacial score (nSPS) is 11.1. The molecule has 9 heteroatoms. The van der Waals surface area contributed by atoms with Crippen LogP contribution in [0.3, 0.4) is 0 Å². The van der Waals surface area contributed by atoms with Crippen LogP contribution in [-0.4, -0.2) is 40.9 Å². The van der Waals surface area contributed by atoms with Crippen molar-refractivity contribution in [1.82, 2.24) is 4.57 Å². The first-order chi connectivity index (χ1) is 13.9. The van der Waals surface area contributed by atoms with Crippen LogP contribution >= 0.6 is 0 Å². The summed E-state index contributed by atoms with van der Waals surface area (Å²) in [5, 5.41) is 10.1. The molecule has 0 atom stereocenters. The summed E-state index contributed by atoms with van der Waals surface area (Å²) >= 11 is 0. The molecule has 0 N–H and O–H groups in total. The number of ether oxygens (including phenoxy) is 3. The number of aromatic nitrogens is 1. The third kappa shape index (κ3) is 3.54. The van der Waals surface area contributed by atoms with Gasteiger partial charge in [-0.05, 0) is 24.3 Å². The monoisotopic (exact) mass is 415 g/mol. The number of anilines is 1. The smallest absolute Gasteiger partial charge is 0.265 e. The molecule has 0 saturated heterocycles. The lowest BCUT2D eigenvalue weighted by Gasteiger charge is -2.23. The number of rotatable bonds is 7. The van der Waals surface area contributed by atoms with E-state index in [0.29, 0.717) is 5.69 Å². The summed E-state index contributed by atoms with van der Waals surface area (Å²) in [6.07, 6.45) is 1.89. The quantitative estimate of drug-likeness (QED) is 0.551. The second-order valence-corrected chi connectivity index (χ2v) is 8.06. The lowest BCUT2D eigenvalue weighted by atomic mass is 10.2. The third-order valence-corrected chi connectivity index (χ3v) is 6.35. The molecule has 0 unspecified atom stereocenters. The van der Waals surface area contributed by atoms with Crippen molar-refractivity contribution in [3.63, 3.8) is 0 Å². The van der Waals surface area contributed by atoms with Gasteiger partial charge in [0.25, 0.3) is 10.0 Å². The highest BCUT2D eigenvalue weighted by Gasteiger charge is 2.28. The van der Waals surface area contributed by atoms with E-state index in [2.05, 4.69) is 0 Å². The summed E-state index contributed by atoms with van der Waals surface area (Å²) in [6, 6.07) is 11.7. The second kappa shape index (κ2) is 7.93. The fraction of sp³-hybridized carbons (Fsp3) is 0.250. The largest absolute Gasteiger partial charge is 0.493 e. The van der Waals surface area contributed by atoms with Gasteiger partial charge < -0.3 is 18.8 Å². The standard InChI is InChI=1S/C20H21N3O5S/c1-22-9-7-14-11-15(5-6-17(14)22)23(10-8-21)29(24,25)16-12-18(26-2)20(28-4)19(13-16)27-3/h5-7,9,11-13H,10H2,1-4H3. The molecule has 0 fully saturated rings. The molecular formula is C20H21N3O5S. The highest BCUT2D eigenvalue weighted by Crippen LogP contribution is 2.40. The van der Waals surface area contributed by atoms with Crippen molar-refractivity contribution in [1.29, 1.82) is 5.26 Å². The van der Waals surface area contributed by atoms with Crippen LogP contribution in [0.25, 0.3) is 10.9 Å². The van der Waals surface area contributed by atoms with Gasteiger partial charge >= 0.3 is 0 Å². The highest BCUT2D eigenvalue weighted by atomic mass is 32.2. The zero-order valence-corrected chi connectivity index (χ0v) is 17.4. The minimum Gasteiger partial charge on any atom is -0.493 e. The molecule has 3 rings (SSSR count). The molecule has 1 aromatic heterocycles. The van der Waals surface area contributed by atoms with E-state index in [1.54, 1.807) is 12.1 Å². The van der Waals surface area contributed by atoms with Crippen molar-refractivity contribution in [2.24, 2.45) is 7.05 Å². The summed E-state index contributed by atoms with van der Waals surface area (Å²) in [6.45, 7) is -0.350. The molecule has 0 spiro atoms. The number of benzene rings is 2. The van der Waals surface area contributed by atoms with Gasteiger partial charge in [-0.2, -0.15) is 5.26 Å². The van der Waals surface area contributed by atoms with E-state index in [4.69, 9.17) is 14.2 Å². The number of nitrogens with zero attached hydrogens (tertiary/aromatic N) is 3. The Morgan fingerprint density at radius 1 is 1.03 bits per heavy atom. The Labute approximate surface area is 169 Å². The molecule has 0 aliphatic rings. The summed E-state index contributed by atoms with van der Waals surface area (Å²) in [5.41, 5.74) is 1.34. The first-order valence-corrected chi connectivity index (χ1v) is 10.1. The van der Waals surface area contributed by atoms with Crippen LogP contribution in [0, 0.1) is 11.3 Å². The molecule has 2 aromatic carbocycles. The highest BCUT2D eigenvalue weighted by molar-refractivity contribution is 7.92. The fourth-order valence-corrected chi connectivity index (χ4v) is 4.52. The zero-order valence-electron chi connectivity index (χ0n) is 16.5. The summed E-state index contributed by atoms with van der Waals surface area (Å²) in [7, 11) is 2.07. The Kier molecular flexibility index (Phi) is 5.57. The van der Waals surface area contributed by atoms with E-state index in [1.807, 2.05) is 36.0 Å². The number of sulfonamides is 1. The average Bonchev–Trinajstić information content (AvgIpc) is 3.10. The van der Waals surface area contributed by atoms with Gasteiger partial charge in [0.15, 0.2) is 11.5 Å². The van der Waals surface area contributed by atoms with Crippen LogP contribution in [-0.2, 0) is 17.1 Å². The fourth-order valence-electron chi connectivity index (χ4n) is 3.14. The Morgan fingerprint density at radius 2 is 1.69 bits per heavy atom. The van der Waals surface area contributed by atoms with Gasteiger partial charge in [0.05, 0.1) is 38.0 Å². The molecule has 152 valence electrons. The number of aryl methyl sites for hydroxylation is 1. The van der Waals surface area contributed by atoms with E-state index in [9.17, 15) is 13.7 Å². The van der Waals surface area contributed by atoms with Crippen molar-refractivity contribution in [3.05, 3.63) is 42.6 Å². The van der Waals surface area contributed by atoms with Gasteiger partial charge in [-0.1, -0.05) is 0 Å². The lowest BCUT2D eigenvalue weighted by molar-refractivity contribution is 0.323. The van der Waals surface area contributed by atoms with Crippen molar-refractivity contribution >= 4 is 26.6 Å². The molecule has 0 bridgehead atoms. The molecule has 0 saturated carbocycles. The van der Waals surface area contributed by atoms with Crippen LogP contribution in [0.1, 0.15) is 0 Å². The van der Waals surface area contributed by atoms with Gasteiger partial charge in [0, 0.05) is 36.3 Å². The Morgan fingerprint density at radius 3 is 2.24 bits per heavy atom. The molecule has 0 aliphatic heterocycles. The van der Waals surface area contributed by atoms with Crippen molar-refractivity contribution in [2.45, 2.75) is 4.90 Å². The SMILES string of the molecule is COc1cc(S(=O)(=O)N(CC#N)c2ccc3c(ccn3C)c2)cc(OC)c1OC. The topological polar surface area (TPSA) is 93.8 Å². The molecule has 1 heterocycles. The van der Waals surface area contributed by atoms with Crippen molar-refractivity contribution < 1.29 is 22.6 Å². The summed E-state index contributed by atoms with van der Waals surface area (Å²) < 4.78 is 45.6. The predicted molar refractivity (Wildman–Crippen MR) is 109 cm³/mol. The van der Waals surface area contributed by atoms with Crippen molar-refractivity contribution in [2.75, 3.05) is 32.2 Å². The number of hydrogen-bond acceptors (Lipinski definition) is 6. The average molecular weight is 415 g/mol. The van der Waals surface area contributed by atoms with E-state index in [1.165, 1.54) is 33.5 Å². The van der Waals surface area contributed by atoms with Crippen LogP contribution in [0.4, 0.5) is 5.69 Å². The van der Waals surface area contributed by atoms with Gasteiger partial charge in [-0.3, -0.25) is 4.31 Å². The minimum atomic E-state index is -4.08. The van der Waals surface area contributed by atoms with Gasteiger partial charge in [0.2, 0.25) is 5.75 Å². The maximum atomic E-state index is 13.4. The van der Waals surface area contributed by atoms with Crippen LogP contribution < -0.4 is 18.5 Å². The van der Waals surface area contributed by atoms with E-state index >= 15 is 0 Å². The predicted octanol–water partition coefficient (Wildman–Crippen LogP) is 2.92. The van der Waals surface area contributed by atoms with Crippen LogP contribution in [0.2, 0.25) is 0 Å². The maximum absolute atomic E-state index is 13.4. The molecular weight excluding hydrogens is 394 g/mol. The third-order valence-electron chi connectivity index (χ3n) is 4.60. The summed E-state index contributed by atoms with van der Waals surface area (Å²) in [4.78, 5) is -0.0737. The number of fused-ring (bicyclic) bond motifs is 1. The molecule has 8 nitrogen and oxygen atoms in total. The lowest BCUT2D eigenvalue weighted by Crippen LogP contribution is -2.31. The number of methoxy groups -OCH3 is 3. The van der Waals surface area contributed by atoms with Gasteiger partial charge in [-0.15, -0.1) is 0 Å². The minimum absolute atomic E-state index is 0.0737. The Hall–Kier alpha value is -3.38. The molecule has 29 heavy (non-hydrogen) atoms. The summed E-state index contributed by atoms with van der Waals surface area (Å²) in [5.74, 6) is 0.702. The van der Waals surface area contributed by atoms with E-state index in [0.717, 1.165) is 15.2 Å². The first kappa shape index (κ1) is 20.4. The van der Waals surface area contributed by atoms with Gasteiger partial charge in [-0.25, -0.2) is 8.42 Å². The molecule has 0 aliphatic carbocycles. The maximum Gasteiger partial charge on any atom is 0.265 e. The number of nitriles is 1. The van der Waals surface area contributed by atoms with Crippen molar-refractivity contribution in [3.8, 4) is 23.3 Å². The Balaban J connectivity index is 2.16. The zero-order chi connectivity index (χ0) is 21.2. The van der Waals surface area contributed by atoms with E-state index < -0.39 is 10.0 Å². The Bertz CT molecular complexity index is 1170. The second-order valence-electron chi connectivity index (χ2n) is 6.20. The van der Waals surface area contributed by atoms with Crippen LogP contribution in [0.15, 0.2) is 47.5 Å².